The van der Waals surface area contributed by atoms with Crippen molar-refractivity contribution < 1.29 is 4.79 Å². The Balaban J connectivity index is 4.01. The van der Waals surface area contributed by atoms with Crippen LogP contribution in [-0.4, -0.2) is 23.9 Å². The number of nitrogens with zero attached hydrogens (tertiary/aromatic N) is 2. The van der Waals surface area contributed by atoms with Crippen LogP contribution in [0.1, 0.15) is 41.0 Å². The summed E-state index contributed by atoms with van der Waals surface area (Å²) >= 11 is 0. The van der Waals surface area contributed by atoms with Crippen LogP contribution in [0.5, 0.6) is 0 Å². The normalized spacial score (nSPS) is 13.3. The largest absolute Gasteiger partial charge is 0.351 e. The summed E-state index contributed by atoms with van der Waals surface area (Å²) in [6, 6.07) is 0. The van der Waals surface area contributed by atoms with Gasteiger partial charge in [-0.1, -0.05) is 13.8 Å². The van der Waals surface area contributed by atoms with Crippen LogP contribution in [0.3, 0.4) is 0 Å². The lowest BCUT2D eigenvalue weighted by molar-refractivity contribution is -0.124. The molecule has 15 heavy (non-hydrogen) atoms. The summed E-state index contributed by atoms with van der Waals surface area (Å²) < 4.78 is 0. The van der Waals surface area contributed by atoms with Crippen molar-refractivity contribution >= 4 is 17.3 Å². The standard InChI is InChI=1S/C11H21N3O/c1-6-9(4)11(15)12-7-10(5)14-13-8(2)3/h9H,6-7H2,1-5H3,(H,12,15)/b14-10+. The molecule has 0 aromatic carbocycles. The minimum atomic E-state index is 0.0641. The quantitative estimate of drug-likeness (QED) is 0.549. The number of amides is 1. The van der Waals surface area contributed by atoms with E-state index in [0.717, 1.165) is 17.8 Å². The second-order valence-corrected chi connectivity index (χ2v) is 3.91. The molecule has 0 bridgehead atoms. The molecule has 0 spiro atoms. The first-order valence-electron chi connectivity index (χ1n) is 5.29. The highest BCUT2D eigenvalue weighted by Crippen LogP contribution is 1.99. The van der Waals surface area contributed by atoms with Crippen LogP contribution in [0.15, 0.2) is 10.2 Å². The Labute approximate surface area is 91.9 Å². The van der Waals surface area contributed by atoms with Crippen molar-refractivity contribution in [3.8, 4) is 0 Å². The Bertz CT molecular complexity index is 265. The van der Waals surface area contributed by atoms with E-state index in [-0.39, 0.29) is 11.8 Å². The van der Waals surface area contributed by atoms with Gasteiger partial charge in [0, 0.05) is 11.6 Å². The van der Waals surface area contributed by atoms with Crippen molar-refractivity contribution in [2.75, 3.05) is 6.54 Å². The van der Waals surface area contributed by atoms with Crippen LogP contribution in [0.4, 0.5) is 0 Å². The van der Waals surface area contributed by atoms with Gasteiger partial charge in [-0.05, 0) is 27.2 Å². The summed E-state index contributed by atoms with van der Waals surface area (Å²) in [5.74, 6) is 0.137. The molecule has 1 N–H and O–H groups in total. The highest BCUT2D eigenvalue weighted by molar-refractivity contribution is 5.89. The van der Waals surface area contributed by atoms with Gasteiger partial charge in [0.1, 0.15) is 0 Å². The van der Waals surface area contributed by atoms with Gasteiger partial charge in [0.15, 0.2) is 0 Å². The first-order chi connectivity index (χ1) is 6.97. The molecule has 1 atom stereocenters. The molecule has 0 radical (unpaired) electrons. The van der Waals surface area contributed by atoms with Crippen molar-refractivity contribution in [3.63, 3.8) is 0 Å². The van der Waals surface area contributed by atoms with Gasteiger partial charge >= 0.3 is 0 Å². The van der Waals surface area contributed by atoms with Crippen LogP contribution in [0, 0.1) is 5.92 Å². The number of hydrogen-bond acceptors (Lipinski definition) is 3. The Kier molecular flexibility index (Phi) is 6.58. The van der Waals surface area contributed by atoms with Crippen LogP contribution in [-0.2, 0) is 4.79 Å². The van der Waals surface area contributed by atoms with Crippen molar-refractivity contribution in [3.05, 3.63) is 0 Å². The molecule has 86 valence electrons. The molecule has 0 aromatic rings. The number of carbonyl (C=O) groups is 1. The highest BCUT2D eigenvalue weighted by Gasteiger charge is 2.09. The number of hydrogen-bond donors (Lipinski definition) is 1. The van der Waals surface area contributed by atoms with E-state index in [0.29, 0.717) is 6.54 Å². The lowest BCUT2D eigenvalue weighted by Crippen LogP contribution is -2.32. The minimum absolute atomic E-state index is 0.0641. The maximum atomic E-state index is 11.4. The molecule has 0 aromatic heterocycles. The number of rotatable bonds is 5. The van der Waals surface area contributed by atoms with E-state index in [9.17, 15) is 4.79 Å². The lowest BCUT2D eigenvalue weighted by Gasteiger charge is -2.08. The van der Waals surface area contributed by atoms with E-state index < -0.39 is 0 Å². The van der Waals surface area contributed by atoms with Gasteiger partial charge in [-0.2, -0.15) is 10.2 Å². The molecule has 0 fully saturated rings. The predicted octanol–water partition coefficient (Wildman–Crippen LogP) is 2.01. The Morgan fingerprint density at radius 3 is 2.33 bits per heavy atom. The molecular formula is C11H21N3O. The SMILES string of the molecule is CCC(C)C(=O)NC/C(C)=N/N=C(C)C. The van der Waals surface area contributed by atoms with E-state index in [2.05, 4.69) is 15.5 Å². The van der Waals surface area contributed by atoms with Crippen LogP contribution in [0.2, 0.25) is 0 Å². The summed E-state index contributed by atoms with van der Waals surface area (Å²) in [6.07, 6.45) is 0.855. The van der Waals surface area contributed by atoms with Crippen LogP contribution in [0.25, 0.3) is 0 Å². The number of nitrogens with one attached hydrogen (secondary N) is 1. The second kappa shape index (κ2) is 7.15. The van der Waals surface area contributed by atoms with E-state index >= 15 is 0 Å². The van der Waals surface area contributed by atoms with Crippen molar-refractivity contribution in [1.29, 1.82) is 0 Å². The first kappa shape index (κ1) is 13.8. The molecule has 0 aliphatic heterocycles. The molecule has 0 saturated heterocycles. The molecule has 1 unspecified atom stereocenters. The van der Waals surface area contributed by atoms with E-state index in [4.69, 9.17) is 0 Å². The summed E-state index contributed by atoms with van der Waals surface area (Å²) in [5.41, 5.74) is 1.72. The summed E-state index contributed by atoms with van der Waals surface area (Å²) in [6.45, 7) is 10.00. The van der Waals surface area contributed by atoms with Gasteiger partial charge in [0.05, 0.1) is 12.3 Å². The molecule has 0 heterocycles. The summed E-state index contributed by atoms with van der Waals surface area (Å²) in [7, 11) is 0. The molecule has 1 amide bonds. The van der Waals surface area contributed by atoms with Crippen molar-refractivity contribution in [2.24, 2.45) is 16.1 Å². The first-order valence-corrected chi connectivity index (χ1v) is 5.29. The summed E-state index contributed by atoms with van der Waals surface area (Å²) in [5, 5.41) is 10.7. The fourth-order valence-corrected chi connectivity index (χ4v) is 0.795. The molecule has 4 heteroatoms. The van der Waals surface area contributed by atoms with Gasteiger partial charge in [-0.25, -0.2) is 0 Å². The molecule has 0 aliphatic carbocycles. The van der Waals surface area contributed by atoms with Crippen LogP contribution < -0.4 is 5.32 Å². The lowest BCUT2D eigenvalue weighted by atomic mass is 10.1. The monoisotopic (exact) mass is 211 g/mol. The van der Waals surface area contributed by atoms with Gasteiger partial charge in [-0.15, -0.1) is 0 Å². The van der Waals surface area contributed by atoms with E-state index in [1.165, 1.54) is 0 Å². The van der Waals surface area contributed by atoms with Gasteiger partial charge in [0.25, 0.3) is 0 Å². The minimum Gasteiger partial charge on any atom is -0.351 e. The fraction of sp³-hybridized carbons (Fsp3) is 0.727. The molecular weight excluding hydrogens is 190 g/mol. The van der Waals surface area contributed by atoms with Crippen LogP contribution >= 0.6 is 0 Å². The zero-order valence-corrected chi connectivity index (χ0v) is 10.3. The Hall–Kier alpha value is -1.19. The molecule has 0 rings (SSSR count). The second-order valence-electron chi connectivity index (χ2n) is 3.91. The smallest absolute Gasteiger partial charge is 0.223 e. The molecule has 4 nitrogen and oxygen atoms in total. The molecule has 0 aliphatic rings. The average Bonchev–Trinajstić information content (AvgIpc) is 2.21. The van der Waals surface area contributed by atoms with E-state index in [1.807, 2.05) is 34.6 Å². The zero-order chi connectivity index (χ0) is 11.8. The predicted molar refractivity (Wildman–Crippen MR) is 64.4 cm³/mol. The maximum absolute atomic E-state index is 11.4. The summed E-state index contributed by atoms with van der Waals surface area (Å²) in [4.78, 5) is 11.4. The zero-order valence-electron chi connectivity index (χ0n) is 10.3. The Morgan fingerprint density at radius 2 is 1.87 bits per heavy atom. The average molecular weight is 211 g/mol. The third-order valence-electron chi connectivity index (χ3n) is 2.00. The van der Waals surface area contributed by atoms with Crippen molar-refractivity contribution in [1.82, 2.24) is 5.32 Å². The van der Waals surface area contributed by atoms with Gasteiger partial charge in [0.2, 0.25) is 5.91 Å². The topological polar surface area (TPSA) is 53.8 Å². The van der Waals surface area contributed by atoms with Crippen molar-refractivity contribution in [2.45, 2.75) is 41.0 Å². The number of carbonyl (C=O) groups excluding carboxylic acids is 1. The Morgan fingerprint density at radius 1 is 1.27 bits per heavy atom. The third kappa shape index (κ3) is 6.82. The van der Waals surface area contributed by atoms with Gasteiger partial charge in [-0.3, -0.25) is 4.79 Å². The van der Waals surface area contributed by atoms with Gasteiger partial charge < -0.3 is 5.32 Å². The molecule has 0 saturated carbocycles. The maximum Gasteiger partial charge on any atom is 0.223 e. The van der Waals surface area contributed by atoms with E-state index in [1.54, 1.807) is 0 Å². The third-order valence-corrected chi connectivity index (χ3v) is 2.00. The highest BCUT2D eigenvalue weighted by atomic mass is 16.1. The fourth-order valence-electron chi connectivity index (χ4n) is 0.795.